The molecule has 4 heteroatoms. The van der Waals surface area contributed by atoms with Crippen molar-refractivity contribution in [3.63, 3.8) is 0 Å². The zero-order valence-corrected chi connectivity index (χ0v) is 10.4. The van der Waals surface area contributed by atoms with E-state index in [1.54, 1.807) is 19.5 Å². The van der Waals surface area contributed by atoms with Gasteiger partial charge in [0.25, 0.3) is 0 Å². The average molecular weight is 241 g/mol. The lowest BCUT2D eigenvalue weighted by molar-refractivity contribution is 0.415. The van der Waals surface area contributed by atoms with Gasteiger partial charge in [0.05, 0.1) is 12.8 Å². The number of nitrogens with zero attached hydrogens (tertiary/aromatic N) is 2. The minimum absolute atomic E-state index is 0.772. The van der Waals surface area contributed by atoms with Crippen molar-refractivity contribution >= 4 is 0 Å². The number of rotatable bonds is 2. The lowest BCUT2D eigenvalue weighted by Gasteiger charge is -2.00. The molecule has 0 aliphatic carbocycles. The quantitative estimate of drug-likeness (QED) is 0.879. The van der Waals surface area contributed by atoms with Crippen molar-refractivity contribution in [2.75, 3.05) is 7.11 Å². The fourth-order valence-corrected chi connectivity index (χ4v) is 1.56. The number of nitrogens with one attached hydrogen (secondary N) is 1. The van der Waals surface area contributed by atoms with Crippen molar-refractivity contribution in [1.29, 1.82) is 0 Å². The predicted octanol–water partition coefficient (Wildman–Crippen LogP) is 2.91. The second-order valence-corrected chi connectivity index (χ2v) is 3.79. The van der Waals surface area contributed by atoms with Crippen molar-refractivity contribution in [3.8, 4) is 17.0 Å². The minimum atomic E-state index is 0.772. The highest BCUT2D eigenvalue weighted by atomic mass is 16.5. The van der Waals surface area contributed by atoms with Gasteiger partial charge in [-0.3, -0.25) is 10.1 Å². The van der Waals surface area contributed by atoms with Crippen LogP contribution in [0.1, 0.15) is 5.69 Å². The van der Waals surface area contributed by atoms with E-state index in [1.807, 2.05) is 43.3 Å². The molecule has 0 bridgehead atoms. The number of H-pyrrole nitrogens is 1. The molecule has 0 unspecified atom stereocenters. The van der Waals surface area contributed by atoms with Crippen LogP contribution in [0.3, 0.4) is 0 Å². The second kappa shape index (κ2) is 5.82. The molecule has 0 fully saturated rings. The van der Waals surface area contributed by atoms with Gasteiger partial charge in [-0.15, -0.1) is 0 Å². The van der Waals surface area contributed by atoms with E-state index in [2.05, 4.69) is 15.2 Å². The topological polar surface area (TPSA) is 50.8 Å². The summed E-state index contributed by atoms with van der Waals surface area (Å²) < 4.78 is 5.22. The normalized spacial score (nSPS) is 9.67. The molecule has 2 aromatic rings. The minimum Gasteiger partial charge on any atom is -0.497 e. The molecular formula is C14H15N3O. The molecule has 0 atom stereocenters. The van der Waals surface area contributed by atoms with Crippen LogP contribution in [-0.2, 0) is 0 Å². The largest absolute Gasteiger partial charge is 0.497 e. The molecule has 4 nitrogen and oxygen atoms in total. The third kappa shape index (κ3) is 3.07. The van der Waals surface area contributed by atoms with Crippen LogP contribution < -0.4 is 4.74 Å². The third-order valence-corrected chi connectivity index (χ3v) is 2.46. The van der Waals surface area contributed by atoms with Crippen LogP contribution in [0.15, 0.2) is 48.8 Å². The van der Waals surface area contributed by atoms with Crippen LogP contribution in [0.2, 0.25) is 0 Å². The number of pyridine rings is 1. The maximum atomic E-state index is 5.22. The van der Waals surface area contributed by atoms with E-state index < -0.39 is 0 Å². The first-order valence-electron chi connectivity index (χ1n) is 5.64. The second-order valence-electron chi connectivity index (χ2n) is 3.79. The van der Waals surface area contributed by atoms with Gasteiger partial charge >= 0.3 is 0 Å². The Balaban J connectivity index is 2.54. The first kappa shape index (κ1) is 12.1. The smallest absolute Gasteiger partial charge is 0.118 e. The van der Waals surface area contributed by atoms with E-state index in [1.165, 1.54) is 0 Å². The Kier molecular flexibility index (Phi) is 3.91. The van der Waals surface area contributed by atoms with Crippen molar-refractivity contribution in [2.45, 2.75) is 6.92 Å². The Morgan fingerprint density at radius 1 is 1.11 bits per heavy atom. The van der Waals surface area contributed by atoms with E-state index in [4.69, 9.17) is 4.74 Å². The number of aromatic amines is 1. The molecule has 0 radical (unpaired) electrons. The molecule has 1 N–H and O–H groups in total. The Hall–Kier alpha value is -2.36. The Bertz CT molecular complexity index is 577. The highest BCUT2D eigenvalue weighted by molar-refractivity contribution is 5.58. The van der Waals surface area contributed by atoms with Gasteiger partial charge in [-0.25, -0.2) is 0 Å². The summed E-state index contributed by atoms with van der Waals surface area (Å²) in [5.74, 6) is 0.772. The number of methoxy groups -OCH3 is 1. The molecule has 0 saturated heterocycles. The number of aryl methyl sites for hydroxylation is 1. The lowest BCUT2D eigenvalue weighted by atomic mass is 10.1. The van der Waals surface area contributed by atoms with Crippen molar-refractivity contribution in [1.82, 2.24) is 15.2 Å². The molecule has 2 rings (SSSR count). The average Bonchev–Trinajstić information content (AvgIpc) is 2.50. The van der Waals surface area contributed by atoms with E-state index >= 15 is 0 Å². The molecule has 92 valence electrons. The van der Waals surface area contributed by atoms with Crippen LogP contribution in [0, 0.1) is 6.92 Å². The molecule has 18 heavy (non-hydrogen) atoms. The zero-order chi connectivity index (χ0) is 12.8. The zero-order valence-electron chi connectivity index (χ0n) is 10.4. The van der Waals surface area contributed by atoms with Gasteiger partial charge in [0, 0.05) is 23.7 Å². The van der Waals surface area contributed by atoms with Crippen molar-refractivity contribution in [3.05, 3.63) is 54.5 Å². The molecule has 0 aliphatic rings. The predicted molar refractivity (Wildman–Crippen MR) is 70.7 cm³/mol. The van der Waals surface area contributed by atoms with Gasteiger partial charge in [-0.2, -0.15) is 5.10 Å². The summed E-state index contributed by atoms with van der Waals surface area (Å²) in [4.78, 5) is 4.18. The highest BCUT2D eigenvalue weighted by Crippen LogP contribution is 2.16. The van der Waals surface area contributed by atoms with Crippen LogP contribution in [-0.4, -0.2) is 22.3 Å². The van der Waals surface area contributed by atoms with Gasteiger partial charge in [-0.1, -0.05) is 0 Å². The first-order chi connectivity index (χ1) is 8.79. The summed E-state index contributed by atoms with van der Waals surface area (Å²) in [6.45, 7) is 1.96. The molecule has 0 aliphatic heterocycles. The maximum absolute atomic E-state index is 5.22. The summed E-state index contributed by atoms with van der Waals surface area (Å²) in [5.41, 5.74) is 2.90. The number of ether oxygens (including phenoxy) is 1. The van der Waals surface area contributed by atoms with E-state index in [9.17, 15) is 0 Å². The van der Waals surface area contributed by atoms with E-state index in [0.29, 0.717) is 0 Å². The highest BCUT2D eigenvalue weighted by Gasteiger charge is 1.96. The fourth-order valence-electron chi connectivity index (χ4n) is 1.56. The standard InChI is InChI=1S/C14H15N3O/c1-11-10-12(7-9-15-11)14-6-5-13(18-2)4-3-8-16-17-14/h3-10,17H,1-2H3. The van der Waals surface area contributed by atoms with Crippen LogP contribution >= 0.6 is 0 Å². The molecular weight excluding hydrogens is 226 g/mol. The van der Waals surface area contributed by atoms with Crippen LogP contribution in [0.25, 0.3) is 11.3 Å². The lowest BCUT2D eigenvalue weighted by Crippen LogP contribution is -1.85. The summed E-state index contributed by atoms with van der Waals surface area (Å²) >= 11 is 0. The molecule has 2 aromatic heterocycles. The molecule has 0 saturated carbocycles. The van der Waals surface area contributed by atoms with E-state index in [0.717, 1.165) is 22.7 Å². The first-order valence-corrected chi connectivity index (χ1v) is 5.64. The van der Waals surface area contributed by atoms with Gasteiger partial charge in [0.1, 0.15) is 5.75 Å². The number of aromatic nitrogens is 3. The SMILES string of the molecule is COc1cccn[nH]c(-c2ccnc(C)c2)cc1. The summed E-state index contributed by atoms with van der Waals surface area (Å²) in [7, 11) is 1.64. The van der Waals surface area contributed by atoms with Crippen LogP contribution in [0.5, 0.6) is 5.75 Å². The fraction of sp³-hybridized carbons (Fsp3) is 0.143. The Morgan fingerprint density at radius 2 is 2.00 bits per heavy atom. The molecule has 2 heterocycles. The third-order valence-electron chi connectivity index (χ3n) is 2.46. The Labute approximate surface area is 106 Å². The Morgan fingerprint density at radius 3 is 2.78 bits per heavy atom. The number of hydrogen-bond donors (Lipinski definition) is 1. The molecule has 0 spiro atoms. The maximum Gasteiger partial charge on any atom is 0.118 e. The summed E-state index contributed by atoms with van der Waals surface area (Å²) in [5, 5.41) is 7.11. The molecule has 0 aromatic carbocycles. The molecule has 0 amide bonds. The summed E-state index contributed by atoms with van der Waals surface area (Å²) in [6.07, 6.45) is 3.46. The van der Waals surface area contributed by atoms with Gasteiger partial charge < -0.3 is 4.74 Å². The van der Waals surface area contributed by atoms with Crippen molar-refractivity contribution in [2.24, 2.45) is 0 Å². The summed E-state index contributed by atoms with van der Waals surface area (Å²) in [6, 6.07) is 11.4. The number of hydrogen-bond acceptors (Lipinski definition) is 3. The van der Waals surface area contributed by atoms with Gasteiger partial charge in [0.2, 0.25) is 0 Å². The van der Waals surface area contributed by atoms with Gasteiger partial charge in [0.15, 0.2) is 0 Å². The monoisotopic (exact) mass is 241 g/mol. The van der Waals surface area contributed by atoms with Gasteiger partial charge in [-0.05, 0) is 43.3 Å². The van der Waals surface area contributed by atoms with Crippen LogP contribution in [0.4, 0.5) is 0 Å². The van der Waals surface area contributed by atoms with E-state index in [-0.39, 0.29) is 0 Å². The van der Waals surface area contributed by atoms with Crippen molar-refractivity contribution < 1.29 is 4.74 Å².